The number of halogens is 1. The zero-order valence-corrected chi connectivity index (χ0v) is 8.77. The predicted octanol–water partition coefficient (Wildman–Crippen LogP) is 1.73. The van der Waals surface area contributed by atoms with Crippen LogP contribution in [0.4, 0.5) is 4.39 Å². The first-order valence-corrected chi connectivity index (χ1v) is 4.91. The number of nitrogens with zero attached hydrogens (tertiary/aromatic N) is 2. The Morgan fingerprint density at radius 2 is 2.31 bits per heavy atom. The van der Waals surface area contributed by atoms with Gasteiger partial charge < -0.3 is 5.11 Å². The van der Waals surface area contributed by atoms with Crippen molar-refractivity contribution in [3.05, 3.63) is 29.7 Å². The van der Waals surface area contributed by atoms with E-state index in [-0.39, 0.29) is 12.2 Å². The number of benzene rings is 1. The van der Waals surface area contributed by atoms with Gasteiger partial charge in [-0.1, -0.05) is 0 Å². The Morgan fingerprint density at radius 3 is 3.00 bits per heavy atom. The maximum absolute atomic E-state index is 13.0. The van der Waals surface area contributed by atoms with E-state index in [4.69, 9.17) is 5.11 Å². The Bertz CT molecular complexity index is 548. The zero-order chi connectivity index (χ0) is 11.7. The molecule has 0 aliphatic rings. The number of aromatic nitrogens is 2. The number of carboxylic acid groups (broad SMARTS) is 1. The third-order valence-electron chi connectivity index (χ3n) is 2.47. The van der Waals surface area contributed by atoms with E-state index in [2.05, 4.69) is 5.10 Å². The normalized spacial score (nSPS) is 10.9. The van der Waals surface area contributed by atoms with Gasteiger partial charge in [0.05, 0.1) is 17.6 Å². The maximum Gasteiger partial charge on any atom is 0.303 e. The minimum atomic E-state index is -0.860. The molecule has 0 saturated carbocycles. The standard InChI is InChI=1S/C11H11FN2O2/c1-14-10-6-7(12)2-3-8(10)9(13-14)4-5-11(15)16/h2-3,6H,4-5H2,1H3,(H,15,16). The number of carboxylic acids is 1. The van der Waals surface area contributed by atoms with Gasteiger partial charge >= 0.3 is 5.97 Å². The summed E-state index contributed by atoms with van der Waals surface area (Å²) in [6, 6.07) is 4.38. The topological polar surface area (TPSA) is 55.1 Å². The Morgan fingerprint density at radius 1 is 1.56 bits per heavy atom. The van der Waals surface area contributed by atoms with Crippen LogP contribution in [0.1, 0.15) is 12.1 Å². The number of carbonyl (C=O) groups is 1. The van der Waals surface area contributed by atoms with E-state index < -0.39 is 5.97 Å². The van der Waals surface area contributed by atoms with Crippen molar-refractivity contribution in [1.82, 2.24) is 9.78 Å². The van der Waals surface area contributed by atoms with Gasteiger partial charge in [0, 0.05) is 18.9 Å². The Kier molecular flexibility index (Phi) is 2.60. The summed E-state index contributed by atoms with van der Waals surface area (Å²) in [5, 5.41) is 13.6. The molecule has 1 aromatic carbocycles. The molecule has 0 aliphatic carbocycles. The van der Waals surface area contributed by atoms with Crippen molar-refractivity contribution in [2.24, 2.45) is 7.05 Å². The van der Waals surface area contributed by atoms with E-state index in [9.17, 15) is 9.18 Å². The van der Waals surface area contributed by atoms with Gasteiger partial charge in [0.1, 0.15) is 5.82 Å². The van der Waals surface area contributed by atoms with Crippen molar-refractivity contribution >= 4 is 16.9 Å². The second kappa shape index (κ2) is 3.92. The molecule has 0 aliphatic heterocycles. The third-order valence-corrected chi connectivity index (χ3v) is 2.47. The largest absolute Gasteiger partial charge is 0.481 e. The summed E-state index contributed by atoms with van der Waals surface area (Å²) in [5.41, 5.74) is 1.38. The summed E-state index contributed by atoms with van der Waals surface area (Å²) < 4.78 is 14.6. The fraction of sp³-hybridized carbons (Fsp3) is 0.273. The van der Waals surface area contributed by atoms with Crippen molar-refractivity contribution in [2.75, 3.05) is 0 Å². The summed E-state index contributed by atoms with van der Waals surface area (Å²) in [6.45, 7) is 0. The molecule has 1 aromatic heterocycles. The smallest absolute Gasteiger partial charge is 0.303 e. The zero-order valence-electron chi connectivity index (χ0n) is 8.77. The van der Waals surface area contributed by atoms with E-state index in [0.717, 1.165) is 5.39 Å². The van der Waals surface area contributed by atoms with Gasteiger partial charge in [0.25, 0.3) is 0 Å². The highest BCUT2D eigenvalue weighted by atomic mass is 19.1. The Balaban J connectivity index is 2.43. The van der Waals surface area contributed by atoms with Gasteiger partial charge in [-0.2, -0.15) is 5.10 Å². The van der Waals surface area contributed by atoms with Crippen LogP contribution in [0, 0.1) is 5.82 Å². The van der Waals surface area contributed by atoms with Crippen molar-refractivity contribution in [3.8, 4) is 0 Å². The van der Waals surface area contributed by atoms with E-state index in [1.54, 1.807) is 17.8 Å². The lowest BCUT2D eigenvalue weighted by Gasteiger charge is -1.94. The summed E-state index contributed by atoms with van der Waals surface area (Å²) in [5.74, 6) is -1.18. The molecule has 0 fully saturated rings. The SMILES string of the molecule is Cn1nc(CCC(=O)O)c2ccc(F)cc21. The molecule has 84 valence electrons. The molecule has 0 radical (unpaired) electrons. The number of rotatable bonds is 3. The highest BCUT2D eigenvalue weighted by Crippen LogP contribution is 2.20. The molecule has 0 unspecified atom stereocenters. The highest BCUT2D eigenvalue weighted by Gasteiger charge is 2.10. The quantitative estimate of drug-likeness (QED) is 0.860. The first-order chi connectivity index (χ1) is 7.58. The second-order valence-corrected chi connectivity index (χ2v) is 3.63. The molecule has 0 saturated heterocycles. The van der Waals surface area contributed by atoms with E-state index in [1.807, 2.05) is 0 Å². The van der Waals surface area contributed by atoms with Crippen LogP contribution in [-0.4, -0.2) is 20.9 Å². The molecule has 1 N–H and O–H groups in total. The average molecular weight is 222 g/mol. The molecular weight excluding hydrogens is 211 g/mol. The number of aryl methyl sites for hydroxylation is 2. The van der Waals surface area contributed by atoms with Gasteiger partial charge in [0.2, 0.25) is 0 Å². The van der Waals surface area contributed by atoms with Crippen LogP contribution >= 0.6 is 0 Å². The van der Waals surface area contributed by atoms with E-state index in [1.165, 1.54) is 12.1 Å². The number of fused-ring (bicyclic) bond motifs is 1. The molecule has 4 nitrogen and oxygen atoms in total. The molecule has 0 amide bonds. The second-order valence-electron chi connectivity index (χ2n) is 3.63. The molecule has 0 bridgehead atoms. The van der Waals surface area contributed by atoms with Gasteiger partial charge in [-0.15, -0.1) is 0 Å². The lowest BCUT2D eigenvalue weighted by molar-refractivity contribution is -0.136. The molecule has 2 aromatic rings. The Hall–Kier alpha value is -1.91. The number of hydrogen-bond donors (Lipinski definition) is 1. The first kappa shape index (κ1) is 10.6. The molecular formula is C11H11FN2O2. The molecule has 0 spiro atoms. The average Bonchev–Trinajstić information content (AvgIpc) is 2.53. The predicted molar refractivity (Wildman–Crippen MR) is 56.6 cm³/mol. The van der Waals surface area contributed by atoms with Crippen LogP contribution in [0.2, 0.25) is 0 Å². The molecule has 2 rings (SSSR count). The van der Waals surface area contributed by atoms with Crippen LogP contribution in [0.5, 0.6) is 0 Å². The van der Waals surface area contributed by atoms with E-state index in [0.29, 0.717) is 17.6 Å². The van der Waals surface area contributed by atoms with Crippen LogP contribution in [-0.2, 0) is 18.3 Å². The fourth-order valence-electron chi connectivity index (χ4n) is 1.72. The van der Waals surface area contributed by atoms with Gasteiger partial charge in [0.15, 0.2) is 0 Å². The first-order valence-electron chi connectivity index (χ1n) is 4.91. The van der Waals surface area contributed by atoms with Crippen molar-refractivity contribution in [3.63, 3.8) is 0 Å². The monoisotopic (exact) mass is 222 g/mol. The molecule has 1 heterocycles. The fourth-order valence-corrected chi connectivity index (χ4v) is 1.72. The van der Waals surface area contributed by atoms with E-state index >= 15 is 0 Å². The Labute approximate surface area is 91.3 Å². The van der Waals surface area contributed by atoms with Gasteiger partial charge in [-0.3, -0.25) is 9.48 Å². The van der Waals surface area contributed by atoms with Crippen LogP contribution < -0.4 is 0 Å². The van der Waals surface area contributed by atoms with Crippen LogP contribution in [0.25, 0.3) is 10.9 Å². The maximum atomic E-state index is 13.0. The van der Waals surface area contributed by atoms with Gasteiger partial charge in [-0.05, 0) is 18.2 Å². The molecule has 5 heteroatoms. The minimum absolute atomic E-state index is 0.0312. The van der Waals surface area contributed by atoms with Crippen molar-refractivity contribution in [1.29, 1.82) is 0 Å². The third kappa shape index (κ3) is 1.88. The minimum Gasteiger partial charge on any atom is -0.481 e. The highest BCUT2D eigenvalue weighted by molar-refractivity contribution is 5.82. The summed E-state index contributed by atoms with van der Waals surface area (Å²) >= 11 is 0. The lowest BCUT2D eigenvalue weighted by Crippen LogP contribution is -1.99. The van der Waals surface area contributed by atoms with Crippen LogP contribution in [0.3, 0.4) is 0 Å². The van der Waals surface area contributed by atoms with Crippen LogP contribution in [0.15, 0.2) is 18.2 Å². The van der Waals surface area contributed by atoms with Gasteiger partial charge in [-0.25, -0.2) is 4.39 Å². The summed E-state index contributed by atoms with van der Waals surface area (Å²) in [7, 11) is 1.71. The lowest BCUT2D eigenvalue weighted by atomic mass is 10.1. The summed E-state index contributed by atoms with van der Waals surface area (Å²) in [4.78, 5) is 10.5. The molecule has 16 heavy (non-hydrogen) atoms. The van der Waals surface area contributed by atoms with Crippen molar-refractivity contribution < 1.29 is 14.3 Å². The number of aliphatic carboxylic acids is 1. The summed E-state index contributed by atoms with van der Waals surface area (Å²) in [6.07, 6.45) is 0.391. The van der Waals surface area contributed by atoms with Crippen molar-refractivity contribution in [2.45, 2.75) is 12.8 Å². The number of hydrogen-bond acceptors (Lipinski definition) is 2. The molecule has 0 atom stereocenters.